The fourth-order valence-electron chi connectivity index (χ4n) is 1.58. The summed E-state index contributed by atoms with van der Waals surface area (Å²) < 4.78 is 0. The maximum atomic E-state index is 5.87. The lowest BCUT2D eigenvalue weighted by atomic mass is 9.69. The highest BCUT2D eigenvalue weighted by Gasteiger charge is 2.27. The lowest BCUT2D eigenvalue weighted by molar-refractivity contribution is 0.571. The smallest absolute Gasteiger partial charge is 0.0686 e. The average molecular weight is 108 g/mol. The minimum Gasteiger partial charge on any atom is -0.0686 e. The number of hydrogen-bond donors (Lipinski definition) is 0. The van der Waals surface area contributed by atoms with Crippen molar-refractivity contribution in [1.82, 2.24) is 0 Å². The summed E-state index contributed by atoms with van der Waals surface area (Å²) in [7, 11) is 5.87. The van der Waals surface area contributed by atoms with E-state index in [2.05, 4.69) is 13.8 Å². The maximum absolute atomic E-state index is 5.87. The van der Waals surface area contributed by atoms with Gasteiger partial charge in [0.1, 0.15) is 0 Å². The summed E-state index contributed by atoms with van der Waals surface area (Å²) in [5.74, 6) is 0.866. The summed E-state index contributed by atoms with van der Waals surface area (Å²) >= 11 is 0. The fourth-order valence-corrected chi connectivity index (χ4v) is 1.58. The summed E-state index contributed by atoms with van der Waals surface area (Å²) in [6, 6.07) is 0. The van der Waals surface area contributed by atoms with Gasteiger partial charge in [0.2, 0.25) is 0 Å². The van der Waals surface area contributed by atoms with Crippen LogP contribution in [0.5, 0.6) is 0 Å². The largest absolute Gasteiger partial charge is 0.0742 e. The first-order valence-corrected chi connectivity index (χ1v) is 3.39. The predicted octanol–water partition coefficient (Wildman–Crippen LogP) is 2.15. The van der Waals surface area contributed by atoms with E-state index < -0.39 is 0 Å². The summed E-state index contributed by atoms with van der Waals surface area (Å²) in [5.41, 5.74) is 0. The van der Waals surface area contributed by atoms with Crippen molar-refractivity contribution in [2.45, 2.75) is 38.4 Å². The Morgan fingerprint density at radius 3 is 2.38 bits per heavy atom. The van der Waals surface area contributed by atoms with Crippen molar-refractivity contribution >= 4 is 7.85 Å². The van der Waals surface area contributed by atoms with E-state index in [0.717, 1.165) is 5.92 Å². The Bertz CT molecular complexity index is 86.4. The predicted molar refractivity (Wildman–Crippen MR) is 37.1 cm³/mol. The van der Waals surface area contributed by atoms with Gasteiger partial charge in [-0.1, -0.05) is 38.4 Å². The highest BCUT2D eigenvalue weighted by Crippen LogP contribution is 2.44. The van der Waals surface area contributed by atoms with Gasteiger partial charge in [0.05, 0.1) is 7.85 Å². The molecule has 1 saturated carbocycles. The normalized spacial score (nSPS) is 47.5. The highest BCUT2D eigenvalue weighted by molar-refractivity contribution is 6.15. The molecule has 1 rings (SSSR count). The summed E-state index contributed by atoms with van der Waals surface area (Å²) in [5, 5.41) is 0.166. The molecule has 0 aliphatic heterocycles. The molecule has 44 valence electrons. The van der Waals surface area contributed by atoms with Gasteiger partial charge in [0.25, 0.3) is 0 Å². The molecule has 0 amide bonds. The molecule has 2 radical (unpaired) electrons. The standard InChI is InChI=1S/C7H13B/c1-6-3-4-7(2,8)5-6/h6H,3-5H2,1-2H3. The molecule has 0 aromatic rings. The van der Waals surface area contributed by atoms with Crippen LogP contribution in [0.15, 0.2) is 0 Å². The van der Waals surface area contributed by atoms with E-state index in [-0.39, 0.29) is 5.31 Å². The van der Waals surface area contributed by atoms with Crippen LogP contribution in [0.1, 0.15) is 33.1 Å². The van der Waals surface area contributed by atoms with Crippen LogP contribution >= 0.6 is 0 Å². The fraction of sp³-hybridized carbons (Fsp3) is 1.00. The van der Waals surface area contributed by atoms with Crippen LogP contribution in [0.3, 0.4) is 0 Å². The first kappa shape index (κ1) is 6.19. The van der Waals surface area contributed by atoms with Crippen molar-refractivity contribution in [3.63, 3.8) is 0 Å². The Balaban J connectivity index is 2.44. The molecule has 2 atom stereocenters. The molecule has 0 aromatic heterocycles. The van der Waals surface area contributed by atoms with Crippen LogP contribution < -0.4 is 0 Å². The van der Waals surface area contributed by atoms with Gasteiger partial charge in [-0.05, 0) is 5.92 Å². The van der Waals surface area contributed by atoms with Crippen molar-refractivity contribution in [3.05, 3.63) is 0 Å². The molecule has 1 aliphatic carbocycles. The molecule has 2 unspecified atom stereocenters. The van der Waals surface area contributed by atoms with Crippen LogP contribution in [-0.4, -0.2) is 7.85 Å². The van der Waals surface area contributed by atoms with E-state index >= 15 is 0 Å². The van der Waals surface area contributed by atoms with Gasteiger partial charge in [-0.25, -0.2) is 0 Å². The Hall–Kier alpha value is 0.0649. The van der Waals surface area contributed by atoms with Gasteiger partial charge in [-0.3, -0.25) is 0 Å². The summed E-state index contributed by atoms with van der Waals surface area (Å²) in [4.78, 5) is 0. The Labute approximate surface area is 53.1 Å². The lowest BCUT2D eigenvalue weighted by Crippen LogP contribution is -2.00. The Kier molecular flexibility index (Phi) is 1.38. The second-order valence-electron chi connectivity index (χ2n) is 3.50. The van der Waals surface area contributed by atoms with E-state index in [4.69, 9.17) is 7.85 Å². The van der Waals surface area contributed by atoms with E-state index in [1.807, 2.05) is 0 Å². The quantitative estimate of drug-likeness (QED) is 0.417. The van der Waals surface area contributed by atoms with E-state index in [1.165, 1.54) is 19.3 Å². The van der Waals surface area contributed by atoms with Crippen molar-refractivity contribution in [1.29, 1.82) is 0 Å². The van der Waals surface area contributed by atoms with Crippen LogP contribution in [0.2, 0.25) is 5.31 Å². The minimum absolute atomic E-state index is 0.166. The number of hydrogen-bond acceptors (Lipinski definition) is 0. The molecular weight excluding hydrogens is 94.9 g/mol. The zero-order valence-corrected chi connectivity index (χ0v) is 5.78. The second kappa shape index (κ2) is 1.79. The van der Waals surface area contributed by atoms with Crippen molar-refractivity contribution in [2.75, 3.05) is 0 Å². The first-order valence-electron chi connectivity index (χ1n) is 3.39. The van der Waals surface area contributed by atoms with E-state index in [1.54, 1.807) is 0 Å². The van der Waals surface area contributed by atoms with Gasteiger partial charge >= 0.3 is 0 Å². The molecule has 0 nitrogen and oxygen atoms in total. The SMILES string of the molecule is [B]C1(C)CCC(C)C1. The molecule has 0 heterocycles. The van der Waals surface area contributed by atoms with Crippen LogP contribution in [0.25, 0.3) is 0 Å². The average Bonchev–Trinajstić information content (AvgIpc) is 1.82. The van der Waals surface area contributed by atoms with Crippen molar-refractivity contribution < 1.29 is 0 Å². The monoisotopic (exact) mass is 108 g/mol. The second-order valence-corrected chi connectivity index (χ2v) is 3.50. The van der Waals surface area contributed by atoms with E-state index in [0.29, 0.717) is 0 Å². The molecule has 0 spiro atoms. The van der Waals surface area contributed by atoms with Crippen molar-refractivity contribution in [2.24, 2.45) is 5.92 Å². The Morgan fingerprint density at radius 2 is 2.25 bits per heavy atom. The minimum atomic E-state index is 0.166. The third kappa shape index (κ3) is 1.27. The van der Waals surface area contributed by atoms with Crippen LogP contribution in [-0.2, 0) is 0 Å². The van der Waals surface area contributed by atoms with Crippen molar-refractivity contribution in [3.8, 4) is 0 Å². The number of rotatable bonds is 0. The molecule has 0 bridgehead atoms. The highest BCUT2D eigenvalue weighted by atomic mass is 14.3. The molecule has 0 N–H and O–H groups in total. The zero-order chi connectivity index (χ0) is 6.20. The van der Waals surface area contributed by atoms with Gasteiger partial charge in [-0.2, -0.15) is 0 Å². The molecular formula is C7H13B. The van der Waals surface area contributed by atoms with Gasteiger partial charge < -0.3 is 0 Å². The van der Waals surface area contributed by atoms with Crippen LogP contribution in [0.4, 0.5) is 0 Å². The first-order chi connectivity index (χ1) is 3.60. The third-order valence-corrected chi connectivity index (χ3v) is 2.02. The van der Waals surface area contributed by atoms with Gasteiger partial charge in [-0.15, -0.1) is 0 Å². The molecule has 8 heavy (non-hydrogen) atoms. The summed E-state index contributed by atoms with van der Waals surface area (Å²) in [6.45, 7) is 4.43. The van der Waals surface area contributed by atoms with Gasteiger partial charge in [0.15, 0.2) is 0 Å². The topological polar surface area (TPSA) is 0 Å². The molecule has 1 fully saturated rings. The molecule has 1 aliphatic rings. The van der Waals surface area contributed by atoms with Crippen LogP contribution in [0, 0.1) is 5.92 Å². The molecule has 1 heteroatoms. The Morgan fingerprint density at radius 1 is 1.62 bits per heavy atom. The van der Waals surface area contributed by atoms with Gasteiger partial charge in [0, 0.05) is 0 Å². The van der Waals surface area contributed by atoms with E-state index in [9.17, 15) is 0 Å². The molecule has 0 aromatic carbocycles. The maximum Gasteiger partial charge on any atom is 0.0742 e. The zero-order valence-electron chi connectivity index (χ0n) is 5.78. The molecule has 0 saturated heterocycles. The third-order valence-electron chi connectivity index (χ3n) is 2.02. The summed E-state index contributed by atoms with van der Waals surface area (Å²) in [6.07, 6.45) is 3.76. The lowest BCUT2D eigenvalue weighted by Gasteiger charge is -2.15.